The second kappa shape index (κ2) is 6.53. The topological polar surface area (TPSA) is 89.7 Å². The number of ether oxygens (including phenoxy) is 1. The summed E-state index contributed by atoms with van der Waals surface area (Å²) in [6.07, 6.45) is 3.31. The van der Waals surface area contributed by atoms with E-state index < -0.39 is 0 Å². The zero-order valence-electron chi connectivity index (χ0n) is 14.0. The molecule has 6 nitrogen and oxygen atoms in total. The number of methoxy groups -OCH3 is 1. The van der Waals surface area contributed by atoms with Crippen LogP contribution in [0, 0.1) is 5.82 Å². The van der Waals surface area contributed by atoms with Gasteiger partial charge in [-0.3, -0.25) is 4.98 Å². The number of fused-ring (bicyclic) bond motifs is 1. The fraction of sp³-hybridized carbons (Fsp3) is 0.105. The Morgan fingerprint density at radius 1 is 1.12 bits per heavy atom. The Labute approximate surface area is 148 Å². The highest BCUT2D eigenvalue weighted by Gasteiger charge is 2.14. The quantitative estimate of drug-likeness (QED) is 0.590. The van der Waals surface area contributed by atoms with Crippen LogP contribution < -0.4 is 10.5 Å². The zero-order valence-corrected chi connectivity index (χ0v) is 14.0. The Hall–Kier alpha value is -3.32. The smallest absolute Gasteiger partial charge is 0.158 e. The van der Waals surface area contributed by atoms with Crippen LogP contribution in [-0.2, 0) is 6.54 Å². The molecule has 0 aliphatic heterocycles. The van der Waals surface area contributed by atoms with E-state index in [9.17, 15) is 4.39 Å². The van der Waals surface area contributed by atoms with Gasteiger partial charge >= 0.3 is 0 Å². The van der Waals surface area contributed by atoms with Gasteiger partial charge in [-0.1, -0.05) is 12.1 Å². The summed E-state index contributed by atoms with van der Waals surface area (Å²) in [6, 6.07) is 10.3. The second-order valence-corrected chi connectivity index (χ2v) is 5.73. The lowest BCUT2D eigenvalue weighted by molar-refractivity contribution is 0.414. The van der Waals surface area contributed by atoms with Crippen molar-refractivity contribution in [3.05, 3.63) is 60.2 Å². The maximum atomic E-state index is 14.1. The molecular formula is C19H16FN5O. The summed E-state index contributed by atoms with van der Waals surface area (Å²) in [6.45, 7) is 0.159. The molecule has 3 N–H and O–H groups in total. The summed E-state index contributed by atoms with van der Waals surface area (Å²) in [7, 11) is 1.59. The molecule has 4 rings (SSSR count). The van der Waals surface area contributed by atoms with Gasteiger partial charge in [-0.25, -0.2) is 14.4 Å². The SMILES string of the molecule is COc1ccnc(-c2nc3c(-c4ccc(CN)c(F)c4)ccnc3[nH]2)c1. The molecule has 0 atom stereocenters. The lowest BCUT2D eigenvalue weighted by Gasteiger charge is -2.05. The fourth-order valence-corrected chi connectivity index (χ4v) is 2.81. The van der Waals surface area contributed by atoms with Crippen molar-refractivity contribution < 1.29 is 9.13 Å². The average molecular weight is 349 g/mol. The van der Waals surface area contributed by atoms with Gasteiger partial charge in [-0.15, -0.1) is 0 Å². The third-order valence-electron chi connectivity index (χ3n) is 4.18. The van der Waals surface area contributed by atoms with Crippen molar-refractivity contribution in [1.82, 2.24) is 19.9 Å². The Kier molecular flexibility index (Phi) is 4.06. The van der Waals surface area contributed by atoms with Gasteiger partial charge in [-0.05, 0) is 23.8 Å². The first-order chi connectivity index (χ1) is 12.7. The van der Waals surface area contributed by atoms with Gasteiger partial charge in [0.2, 0.25) is 0 Å². The predicted octanol–water partition coefficient (Wildman–Crippen LogP) is 3.29. The Morgan fingerprint density at radius 3 is 2.73 bits per heavy atom. The van der Waals surface area contributed by atoms with Crippen molar-refractivity contribution in [2.45, 2.75) is 6.54 Å². The zero-order chi connectivity index (χ0) is 18.1. The molecule has 0 bridgehead atoms. The molecular weight excluding hydrogens is 333 g/mol. The van der Waals surface area contributed by atoms with E-state index in [1.165, 1.54) is 6.07 Å². The third-order valence-corrected chi connectivity index (χ3v) is 4.18. The number of nitrogens with zero attached hydrogens (tertiary/aromatic N) is 3. The Morgan fingerprint density at radius 2 is 1.96 bits per heavy atom. The number of aromatic amines is 1. The normalized spacial score (nSPS) is 11.0. The summed E-state index contributed by atoms with van der Waals surface area (Å²) >= 11 is 0. The first kappa shape index (κ1) is 16.2. The molecule has 0 spiro atoms. The Bertz CT molecular complexity index is 1090. The standard InChI is InChI=1S/C19H16FN5O/c1-26-13-4-6-22-16(9-13)18-24-17-14(5-7-23-19(17)25-18)11-2-3-12(10-21)15(20)8-11/h2-9H,10,21H2,1H3,(H,23,24,25). The van der Waals surface area contributed by atoms with Crippen molar-refractivity contribution in [2.24, 2.45) is 5.73 Å². The highest BCUT2D eigenvalue weighted by molar-refractivity contribution is 5.91. The summed E-state index contributed by atoms with van der Waals surface area (Å²) in [5, 5.41) is 0. The molecule has 0 radical (unpaired) electrons. The molecule has 0 saturated carbocycles. The van der Waals surface area contributed by atoms with Gasteiger partial charge < -0.3 is 15.5 Å². The number of hydrogen-bond donors (Lipinski definition) is 2. The summed E-state index contributed by atoms with van der Waals surface area (Å²) in [5.41, 5.74) is 9.39. The van der Waals surface area contributed by atoms with E-state index >= 15 is 0 Å². The molecule has 0 unspecified atom stereocenters. The van der Waals surface area contributed by atoms with Crippen LogP contribution in [-0.4, -0.2) is 27.0 Å². The summed E-state index contributed by atoms with van der Waals surface area (Å²) in [5.74, 6) is 0.918. The molecule has 4 aromatic rings. The number of aromatic nitrogens is 4. The van der Waals surface area contributed by atoms with E-state index in [0.717, 1.165) is 5.56 Å². The molecule has 26 heavy (non-hydrogen) atoms. The minimum absolute atomic E-state index is 0.159. The molecule has 0 fully saturated rings. The van der Waals surface area contributed by atoms with E-state index in [1.807, 2.05) is 12.1 Å². The number of halogens is 1. The lowest BCUT2D eigenvalue weighted by Crippen LogP contribution is -1.99. The molecule has 7 heteroatoms. The summed E-state index contributed by atoms with van der Waals surface area (Å²) in [4.78, 5) is 16.4. The molecule has 3 heterocycles. The van der Waals surface area contributed by atoms with Crippen LogP contribution in [0.2, 0.25) is 0 Å². The number of nitrogens with two attached hydrogens (primary N) is 1. The van der Waals surface area contributed by atoms with Crippen LogP contribution in [0.25, 0.3) is 33.8 Å². The minimum Gasteiger partial charge on any atom is -0.497 e. The highest BCUT2D eigenvalue weighted by atomic mass is 19.1. The lowest BCUT2D eigenvalue weighted by atomic mass is 10.0. The van der Waals surface area contributed by atoms with Crippen molar-refractivity contribution >= 4 is 11.2 Å². The van der Waals surface area contributed by atoms with Gasteiger partial charge in [0.05, 0.1) is 7.11 Å². The van der Waals surface area contributed by atoms with Crippen molar-refractivity contribution in [3.8, 4) is 28.4 Å². The first-order valence-electron chi connectivity index (χ1n) is 8.03. The van der Waals surface area contributed by atoms with Crippen LogP contribution in [0.1, 0.15) is 5.56 Å². The molecule has 3 aromatic heterocycles. The fourth-order valence-electron chi connectivity index (χ4n) is 2.81. The van der Waals surface area contributed by atoms with E-state index in [1.54, 1.807) is 37.7 Å². The third kappa shape index (κ3) is 2.78. The number of imidazole rings is 1. The largest absolute Gasteiger partial charge is 0.497 e. The molecule has 0 aliphatic rings. The Balaban J connectivity index is 1.84. The molecule has 1 aromatic carbocycles. The average Bonchev–Trinajstić information content (AvgIpc) is 3.12. The second-order valence-electron chi connectivity index (χ2n) is 5.73. The minimum atomic E-state index is -0.333. The predicted molar refractivity (Wildman–Crippen MR) is 97.0 cm³/mol. The van der Waals surface area contributed by atoms with Crippen LogP contribution >= 0.6 is 0 Å². The van der Waals surface area contributed by atoms with Crippen molar-refractivity contribution in [2.75, 3.05) is 7.11 Å². The monoisotopic (exact) mass is 349 g/mol. The number of H-pyrrole nitrogens is 1. The molecule has 0 aliphatic carbocycles. The van der Waals surface area contributed by atoms with E-state index in [0.29, 0.717) is 39.6 Å². The van der Waals surface area contributed by atoms with Crippen LogP contribution in [0.4, 0.5) is 4.39 Å². The first-order valence-corrected chi connectivity index (χ1v) is 8.03. The van der Waals surface area contributed by atoms with Gasteiger partial charge in [0, 0.05) is 36.1 Å². The number of rotatable bonds is 4. The van der Waals surface area contributed by atoms with Crippen LogP contribution in [0.5, 0.6) is 5.75 Å². The molecule has 0 saturated heterocycles. The van der Waals surface area contributed by atoms with Gasteiger partial charge in [-0.2, -0.15) is 0 Å². The van der Waals surface area contributed by atoms with Crippen LogP contribution in [0.15, 0.2) is 48.8 Å². The van der Waals surface area contributed by atoms with E-state index in [-0.39, 0.29) is 12.4 Å². The van der Waals surface area contributed by atoms with Crippen molar-refractivity contribution in [3.63, 3.8) is 0 Å². The number of nitrogens with one attached hydrogen (secondary N) is 1. The number of benzene rings is 1. The maximum Gasteiger partial charge on any atom is 0.158 e. The van der Waals surface area contributed by atoms with Crippen molar-refractivity contribution in [1.29, 1.82) is 0 Å². The maximum absolute atomic E-state index is 14.1. The molecule has 130 valence electrons. The van der Waals surface area contributed by atoms with Gasteiger partial charge in [0.15, 0.2) is 11.5 Å². The highest BCUT2D eigenvalue weighted by Crippen LogP contribution is 2.29. The molecule has 0 amide bonds. The van der Waals surface area contributed by atoms with Gasteiger partial charge in [0.1, 0.15) is 22.8 Å². The van der Waals surface area contributed by atoms with Crippen LogP contribution in [0.3, 0.4) is 0 Å². The van der Waals surface area contributed by atoms with Gasteiger partial charge in [0.25, 0.3) is 0 Å². The number of hydrogen-bond acceptors (Lipinski definition) is 5. The van der Waals surface area contributed by atoms with E-state index in [2.05, 4.69) is 19.9 Å². The van der Waals surface area contributed by atoms with E-state index in [4.69, 9.17) is 10.5 Å². The summed E-state index contributed by atoms with van der Waals surface area (Å²) < 4.78 is 19.4. The number of pyridine rings is 2.